The molecule has 0 aromatic rings. The van der Waals surface area contributed by atoms with Crippen molar-refractivity contribution < 1.29 is 19.7 Å². The van der Waals surface area contributed by atoms with Crippen molar-refractivity contribution in [2.24, 2.45) is 44.8 Å². The van der Waals surface area contributed by atoms with Gasteiger partial charge in [-0.05, 0) is 84.2 Å². The van der Waals surface area contributed by atoms with Gasteiger partial charge in [0.05, 0.1) is 7.11 Å². The molecule has 0 aromatic heterocycles. The van der Waals surface area contributed by atoms with E-state index in [1.54, 1.807) is 0 Å². The molecule has 0 amide bonds. The van der Waals surface area contributed by atoms with E-state index in [9.17, 15) is 14.9 Å². The van der Waals surface area contributed by atoms with Crippen LogP contribution >= 0.6 is 0 Å². The molecule has 5 rings (SSSR count). The van der Waals surface area contributed by atoms with Crippen LogP contribution in [-0.2, 0) is 14.5 Å². The van der Waals surface area contributed by atoms with Crippen LogP contribution in [0.2, 0.25) is 0 Å². The van der Waals surface area contributed by atoms with E-state index >= 15 is 0 Å². The summed E-state index contributed by atoms with van der Waals surface area (Å²) in [6.07, 6.45) is 9.68. The molecule has 0 radical (unpaired) electrons. The molecule has 5 heteroatoms. The smallest absolute Gasteiger partial charge is 0.187 e. The molecule has 5 aliphatic carbocycles. The minimum atomic E-state index is -0.632. The van der Waals surface area contributed by atoms with Crippen LogP contribution in [0.4, 0.5) is 0 Å². The predicted octanol–water partition coefficient (Wildman–Crippen LogP) is 6.85. The Morgan fingerprint density at radius 3 is 2.25 bits per heavy atom. The van der Waals surface area contributed by atoms with Crippen molar-refractivity contribution in [2.45, 2.75) is 93.4 Å². The third-order valence-electron chi connectivity index (χ3n) is 11.4. The third-order valence-corrected chi connectivity index (χ3v) is 11.4. The molecule has 0 heterocycles. The molecule has 0 aromatic carbocycles. The van der Waals surface area contributed by atoms with Gasteiger partial charge in [-0.3, -0.25) is 14.8 Å². The van der Waals surface area contributed by atoms with Gasteiger partial charge in [-0.15, -0.1) is 0 Å². The highest BCUT2D eigenvalue weighted by Gasteiger charge is 2.66. The van der Waals surface area contributed by atoms with Crippen LogP contribution in [0.1, 0.15) is 93.4 Å². The minimum absolute atomic E-state index is 0.0249. The predicted molar refractivity (Wildman–Crippen MR) is 139 cm³/mol. The third kappa shape index (κ3) is 3.64. The molecule has 0 aliphatic heterocycles. The first-order chi connectivity index (χ1) is 16.6. The maximum atomic E-state index is 14.0. The topological polar surface area (TPSA) is 87.4 Å². The van der Waals surface area contributed by atoms with E-state index in [0.717, 1.165) is 36.8 Å². The van der Waals surface area contributed by atoms with Crippen LogP contribution in [0.25, 0.3) is 0 Å². The Kier molecular flexibility index (Phi) is 6.40. The number of nitriles is 1. The normalized spacial score (nSPS) is 42.0. The minimum Gasteiger partial charge on any atom is -0.295 e. The number of hydrogen-bond donors (Lipinski definition) is 1. The van der Waals surface area contributed by atoms with Gasteiger partial charge in [-0.25, -0.2) is 4.89 Å². The molecule has 6 atom stereocenters. The van der Waals surface area contributed by atoms with Gasteiger partial charge >= 0.3 is 0 Å². The second-order valence-corrected chi connectivity index (χ2v) is 14.2. The molecule has 0 unspecified atom stereocenters. The lowest BCUT2D eigenvalue weighted by molar-refractivity contribution is -0.214. The second kappa shape index (κ2) is 8.52. The lowest BCUT2D eigenvalue weighted by Gasteiger charge is -2.66. The average molecular weight is 494 g/mol. The Labute approximate surface area is 216 Å². The number of rotatable bonds is 0. The highest BCUT2D eigenvalue weighted by Crippen LogP contribution is 2.71. The monoisotopic (exact) mass is 493 g/mol. The molecule has 0 bridgehead atoms. The summed E-state index contributed by atoms with van der Waals surface area (Å²) in [5.41, 5.74) is 5.08. The van der Waals surface area contributed by atoms with Crippen molar-refractivity contribution in [2.75, 3.05) is 7.11 Å². The fourth-order valence-corrected chi connectivity index (χ4v) is 8.75. The van der Waals surface area contributed by atoms with E-state index in [2.05, 4.69) is 51.3 Å². The molecule has 196 valence electrons. The van der Waals surface area contributed by atoms with E-state index in [-0.39, 0.29) is 50.6 Å². The number of carbonyl (C=O) groups is 2. The number of Topliss-reactive ketones (excluding diaryl/α,β-unsaturated/α-hetero) is 1. The lowest BCUT2D eigenvalue weighted by Crippen LogP contribution is -2.61. The number of carbonyl (C=O) groups excluding carboxylic acids is 2. The highest BCUT2D eigenvalue weighted by atomic mass is 17.1. The van der Waals surface area contributed by atoms with Gasteiger partial charge in [-0.1, -0.05) is 54.2 Å². The quantitative estimate of drug-likeness (QED) is 0.226. The molecule has 3 saturated carbocycles. The zero-order valence-corrected chi connectivity index (χ0v) is 23.4. The summed E-state index contributed by atoms with van der Waals surface area (Å²) in [4.78, 5) is 30.2. The van der Waals surface area contributed by atoms with Crippen LogP contribution in [0.15, 0.2) is 28.5 Å². The van der Waals surface area contributed by atoms with E-state index in [1.165, 1.54) is 26.4 Å². The van der Waals surface area contributed by atoms with Gasteiger partial charge in [0.15, 0.2) is 11.6 Å². The molecule has 0 spiro atoms. The summed E-state index contributed by atoms with van der Waals surface area (Å²) in [7, 11) is 1.18. The summed E-state index contributed by atoms with van der Waals surface area (Å²) in [6.45, 7) is 15.9. The number of nitrogens with zero attached hydrogens (tertiary/aromatic N) is 1. The van der Waals surface area contributed by atoms with Gasteiger partial charge in [0.2, 0.25) is 0 Å². The first-order valence-electron chi connectivity index (χ1n) is 13.5. The van der Waals surface area contributed by atoms with Gasteiger partial charge in [-0.2, -0.15) is 5.26 Å². The summed E-state index contributed by atoms with van der Waals surface area (Å²) < 4.78 is 0. The molecule has 0 saturated heterocycles. The van der Waals surface area contributed by atoms with Crippen molar-refractivity contribution in [1.29, 1.82) is 5.26 Å². The number of allylic oxidation sites excluding steroid dienone is 3. The summed E-state index contributed by atoms with van der Waals surface area (Å²) in [6, 6.07) is 2.10. The molecular formula is C31H43NO4. The number of ketones is 2. The maximum absolute atomic E-state index is 14.0. The summed E-state index contributed by atoms with van der Waals surface area (Å²) in [5, 5.41) is 16.7. The molecule has 5 aliphatic rings. The average Bonchev–Trinajstić information content (AvgIpc) is 2.79. The van der Waals surface area contributed by atoms with Crippen molar-refractivity contribution in [3.63, 3.8) is 0 Å². The van der Waals surface area contributed by atoms with Crippen LogP contribution in [0.5, 0.6) is 0 Å². The van der Waals surface area contributed by atoms with Crippen LogP contribution < -0.4 is 0 Å². The van der Waals surface area contributed by atoms with Gasteiger partial charge in [0, 0.05) is 22.8 Å². The lowest BCUT2D eigenvalue weighted by atomic mass is 9.37. The first kappa shape index (κ1) is 27.1. The maximum Gasteiger partial charge on any atom is 0.187 e. The van der Waals surface area contributed by atoms with Crippen molar-refractivity contribution in [3.8, 4) is 6.07 Å². The zero-order valence-electron chi connectivity index (χ0n) is 23.4. The Bertz CT molecular complexity index is 1130. The Hall–Kier alpha value is -1.99. The molecule has 5 nitrogen and oxygen atoms in total. The SMILES string of the molecule is CC1(C)CC[C@]2(C)CC[C@]3(C)[C@H](C(=O)C=C4C5=C=C(C#N)C(=O)C(C)(C)[C@@H]5CC[C@]43C)[C@@H]2C1.COO. The molecule has 1 N–H and O–H groups in total. The van der Waals surface area contributed by atoms with E-state index < -0.39 is 5.41 Å². The van der Waals surface area contributed by atoms with E-state index in [0.29, 0.717) is 5.92 Å². The Morgan fingerprint density at radius 2 is 1.64 bits per heavy atom. The highest BCUT2D eigenvalue weighted by molar-refractivity contribution is 6.04. The second-order valence-electron chi connectivity index (χ2n) is 14.2. The molecule has 36 heavy (non-hydrogen) atoms. The molecule has 3 fully saturated rings. The van der Waals surface area contributed by atoms with Crippen molar-refractivity contribution >= 4 is 11.6 Å². The van der Waals surface area contributed by atoms with Gasteiger partial charge in [0.25, 0.3) is 0 Å². The Morgan fingerprint density at radius 1 is 1.03 bits per heavy atom. The number of hydrogen-bond acceptors (Lipinski definition) is 5. The molecular weight excluding hydrogens is 450 g/mol. The largest absolute Gasteiger partial charge is 0.295 e. The fraction of sp³-hybridized carbons (Fsp3) is 0.742. The van der Waals surface area contributed by atoms with Crippen molar-refractivity contribution in [1.82, 2.24) is 0 Å². The first-order valence-corrected chi connectivity index (χ1v) is 13.5. The van der Waals surface area contributed by atoms with E-state index in [1.807, 2.05) is 19.9 Å². The van der Waals surface area contributed by atoms with E-state index in [4.69, 9.17) is 5.26 Å². The zero-order chi connectivity index (χ0) is 26.9. The van der Waals surface area contributed by atoms with Crippen LogP contribution in [-0.4, -0.2) is 23.9 Å². The van der Waals surface area contributed by atoms with Gasteiger partial charge < -0.3 is 0 Å². The Balaban J connectivity index is 0.000000967. The van der Waals surface area contributed by atoms with Gasteiger partial charge in [0.1, 0.15) is 11.6 Å². The number of fused-ring (bicyclic) bond motifs is 7. The van der Waals surface area contributed by atoms with Crippen LogP contribution in [0.3, 0.4) is 0 Å². The summed E-state index contributed by atoms with van der Waals surface area (Å²) in [5.74, 6) is 0.674. The van der Waals surface area contributed by atoms with Crippen molar-refractivity contribution in [3.05, 3.63) is 28.5 Å². The fourth-order valence-electron chi connectivity index (χ4n) is 8.75. The van der Waals surface area contributed by atoms with Crippen LogP contribution in [0, 0.1) is 56.2 Å². The summed E-state index contributed by atoms with van der Waals surface area (Å²) >= 11 is 0. The standard InChI is InChI=1S/C30H39NO2.CH4O2/c1-26(2)10-11-28(5)12-13-30(7)24(22(28)16-26)23(32)15-21-19-14-18(17-31)25(33)27(3,4)20(19)8-9-29(21,30)6;1-3-2/h15,20,22,24H,8-13,16H2,1-7H3;2H,1H3/t20-,22+,24+,28-,29-,30-;/m1./s1.